The van der Waals surface area contributed by atoms with Crippen LogP contribution in [-0.2, 0) is 0 Å². The van der Waals surface area contributed by atoms with Crippen LogP contribution in [-0.4, -0.2) is 48.8 Å². The Hall–Kier alpha value is -0.0900. The van der Waals surface area contributed by atoms with Gasteiger partial charge in [-0.15, -0.1) is 0 Å². The van der Waals surface area contributed by atoms with E-state index in [0.717, 1.165) is 26.2 Å². The predicted octanol–water partition coefficient (Wildman–Crippen LogP) is 0.00500. The smallest absolute Gasteiger partial charge is 0.0791 e. The Kier molecular flexibility index (Phi) is 4.61. The maximum absolute atomic E-state index is 9.40. The Balaban J connectivity index is 2.30. The lowest BCUT2D eigenvalue weighted by atomic mass is 10.3. The van der Waals surface area contributed by atoms with Crippen LogP contribution in [0.25, 0.3) is 0 Å². The third-order valence-electron chi connectivity index (χ3n) is 1.91. The fraction of sp³-hybridized carbons (Fsp3) is 0.750. The molecule has 70 valence electrons. The van der Waals surface area contributed by atoms with Crippen molar-refractivity contribution < 1.29 is 5.11 Å². The lowest BCUT2D eigenvalue weighted by Gasteiger charge is -2.18. The topological polar surface area (TPSA) is 35.5 Å². The monoisotopic (exact) mass is 190 g/mol. The fourth-order valence-electron chi connectivity index (χ4n) is 1.31. The molecule has 2 N–H and O–H groups in total. The second-order valence-electron chi connectivity index (χ2n) is 2.98. The van der Waals surface area contributed by atoms with E-state index in [4.69, 9.17) is 11.6 Å². The lowest BCUT2D eigenvalue weighted by molar-refractivity contribution is 0.136. The van der Waals surface area contributed by atoms with Crippen LogP contribution in [0.15, 0.2) is 11.6 Å². The summed E-state index contributed by atoms with van der Waals surface area (Å²) < 4.78 is 0. The summed E-state index contributed by atoms with van der Waals surface area (Å²) in [5.74, 6) is 0. The van der Waals surface area contributed by atoms with E-state index in [1.54, 1.807) is 0 Å². The minimum atomic E-state index is -0.253. The highest BCUT2D eigenvalue weighted by molar-refractivity contribution is 6.25. The normalized spacial score (nSPS) is 27.7. The summed E-state index contributed by atoms with van der Waals surface area (Å²) in [5, 5.41) is 12.6. The summed E-state index contributed by atoms with van der Waals surface area (Å²) >= 11 is 5.41. The summed E-state index contributed by atoms with van der Waals surface area (Å²) in [6, 6.07) is 0. The molecule has 0 saturated carbocycles. The van der Waals surface area contributed by atoms with Gasteiger partial charge in [-0.05, 0) is 0 Å². The van der Waals surface area contributed by atoms with Gasteiger partial charge in [0.05, 0.1) is 6.10 Å². The van der Waals surface area contributed by atoms with Crippen molar-refractivity contribution in [2.24, 2.45) is 0 Å². The number of nitrogens with zero attached hydrogens (tertiary/aromatic N) is 1. The van der Waals surface area contributed by atoms with Crippen molar-refractivity contribution in [2.75, 3.05) is 32.7 Å². The molecule has 1 unspecified atom stereocenters. The fourth-order valence-corrected chi connectivity index (χ4v) is 1.39. The summed E-state index contributed by atoms with van der Waals surface area (Å²) in [6.45, 7) is 4.16. The van der Waals surface area contributed by atoms with Gasteiger partial charge in [-0.1, -0.05) is 17.7 Å². The molecule has 0 bridgehead atoms. The average Bonchev–Trinajstić information content (AvgIpc) is 2.26. The molecule has 1 heterocycles. The van der Waals surface area contributed by atoms with Gasteiger partial charge in [0.1, 0.15) is 0 Å². The van der Waals surface area contributed by atoms with E-state index >= 15 is 0 Å². The number of nitrogens with one attached hydrogen (secondary N) is 1. The number of halogens is 1. The SMILES string of the molecule is OC1CNCCN(C/C=C/Cl)C1. The zero-order valence-electron chi connectivity index (χ0n) is 7.04. The molecule has 0 aliphatic carbocycles. The molecule has 0 radical (unpaired) electrons. The summed E-state index contributed by atoms with van der Waals surface area (Å²) in [4.78, 5) is 2.17. The maximum atomic E-state index is 9.40. The number of hydrogen-bond donors (Lipinski definition) is 2. The Labute approximate surface area is 78.0 Å². The van der Waals surface area contributed by atoms with Gasteiger partial charge < -0.3 is 10.4 Å². The lowest BCUT2D eigenvalue weighted by Crippen LogP contribution is -2.32. The predicted molar refractivity (Wildman–Crippen MR) is 50.3 cm³/mol. The van der Waals surface area contributed by atoms with E-state index in [9.17, 15) is 5.11 Å². The van der Waals surface area contributed by atoms with Gasteiger partial charge >= 0.3 is 0 Å². The Bertz CT molecular complexity index is 152. The molecule has 0 aromatic heterocycles. The number of rotatable bonds is 2. The summed E-state index contributed by atoms with van der Waals surface area (Å²) in [5.41, 5.74) is 1.52. The van der Waals surface area contributed by atoms with Gasteiger partial charge in [0, 0.05) is 38.3 Å². The molecule has 0 spiro atoms. The number of aliphatic hydroxyl groups is 1. The van der Waals surface area contributed by atoms with E-state index < -0.39 is 0 Å². The second-order valence-corrected chi connectivity index (χ2v) is 3.23. The van der Waals surface area contributed by atoms with Crippen molar-refractivity contribution in [3.63, 3.8) is 0 Å². The molecule has 1 aliphatic heterocycles. The van der Waals surface area contributed by atoms with Crippen LogP contribution in [0, 0.1) is 0 Å². The van der Waals surface area contributed by atoms with E-state index in [-0.39, 0.29) is 6.10 Å². The zero-order valence-corrected chi connectivity index (χ0v) is 7.80. The van der Waals surface area contributed by atoms with E-state index in [2.05, 4.69) is 10.2 Å². The van der Waals surface area contributed by atoms with Crippen LogP contribution in [0.1, 0.15) is 0 Å². The highest BCUT2D eigenvalue weighted by atomic mass is 35.5. The highest BCUT2D eigenvalue weighted by Crippen LogP contribution is 1.96. The zero-order chi connectivity index (χ0) is 8.81. The highest BCUT2D eigenvalue weighted by Gasteiger charge is 2.13. The third-order valence-corrected chi connectivity index (χ3v) is 2.08. The Morgan fingerprint density at radius 3 is 3.25 bits per heavy atom. The number of hydrogen-bond acceptors (Lipinski definition) is 3. The molecule has 0 aromatic rings. The van der Waals surface area contributed by atoms with Gasteiger partial charge in [-0.25, -0.2) is 0 Å². The third kappa shape index (κ3) is 3.54. The molecular formula is C8H15ClN2O. The largest absolute Gasteiger partial charge is 0.390 e. The van der Waals surface area contributed by atoms with Crippen molar-refractivity contribution >= 4 is 11.6 Å². The van der Waals surface area contributed by atoms with Crippen molar-refractivity contribution in [3.05, 3.63) is 11.6 Å². The Morgan fingerprint density at radius 2 is 2.50 bits per heavy atom. The van der Waals surface area contributed by atoms with Gasteiger partial charge in [0.15, 0.2) is 0 Å². The van der Waals surface area contributed by atoms with Crippen LogP contribution < -0.4 is 5.32 Å². The molecule has 4 heteroatoms. The van der Waals surface area contributed by atoms with Crippen LogP contribution in [0.2, 0.25) is 0 Å². The standard InChI is InChI=1S/C8H15ClN2O/c9-2-1-4-11-5-3-10-6-8(12)7-11/h1-2,8,10,12H,3-7H2/b2-1+. The van der Waals surface area contributed by atoms with Crippen molar-refractivity contribution in [3.8, 4) is 0 Å². The minimum Gasteiger partial charge on any atom is -0.390 e. The van der Waals surface area contributed by atoms with Crippen LogP contribution in [0.3, 0.4) is 0 Å². The number of aliphatic hydroxyl groups excluding tert-OH is 1. The molecule has 0 amide bonds. The Morgan fingerprint density at radius 1 is 1.67 bits per heavy atom. The second kappa shape index (κ2) is 5.54. The number of β-amino-alcohol motifs (C(OH)–C–C–N with tert-alkyl or cyclic N) is 1. The van der Waals surface area contributed by atoms with Crippen LogP contribution in [0.5, 0.6) is 0 Å². The van der Waals surface area contributed by atoms with Crippen LogP contribution >= 0.6 is 11.6 Å². The van der Waals surface area contributed by atoms with E-state index in [1.807, 2.05) is 6.08 Å². The molecule has 1 saturated heterocycles. The molecule has 12 heavy (non-hydrogen) atoms. The first kappa shape index (κ1) is 9.99. The van der Waals surface area contributed by atoms with Crippen LogP contribution in [0.4, 0.5) is 0 Å². The summed E-state index contributed by atoms with van der Waals surface area (Å²) in [6.07, 6.45) is 1.63. The molecule has 1 aliphatic rings. The van der Waals surface area contributed by atoms with Crippen molar-refractivity contribution in [1.29, 1.82) is 0 Å². The quantitative estimate of drug-likeness (QED) is 0.644. The van der Waals surface area contributed by atoms with Gasteiger partial charge in [-0.3, -0.25) is 4.90 Å². The minimum absolute atomic E-state index is 0.253. The molecule has 1 rings (SSSR count). The van der Waals surface area contributed by atoms with Crippen molar-refractivity contribution in [1.82, 2.24) is 10.2 Å². The molecule has 0 aromatic carbocycles. The molecule has 1 atom stereocenters. The van der Waals surface area contributed by atoms with Gasteiger partial charge in [0.2, 0.25) is 0 Å². The first-order valence-electron chi connectivity index (χ1n) is 4.19. The first-order valence-corrected chi connectivity index (χ1v) is 4.63. The van der Waals surface area contributed by atoms with E-state index in [0.29, 0.717) is 6.54 Å². The first-order chi connectivity index (χ1) is 5.83. The van der Waals surface area contributed by atoms with Gasteiger partial charge in [-0.2, -0.15) is 0 Å². The average molecular weight is 191 g/mol. The summed E-state index contributed by atoms with van der Waals surface area (Å²) in [7, 11) is 0. The molecule has 1 fully saturated rings. The van der Waals surface area contributed by atoms with Crippen molar-refractivity contribution in [2.45, 2.75) is 6.10 Å². The molecule has 3 nitrogen and oxygen atoms in total. The molecular weight excluding hydrogens is 176 g/mol. The van der Waals surface area contributed by atoms with E-state index in [1.165, 1.54) is 5.54 Å². The van der Waals surface area contributed by atoms with Gasteiger partial charge in [0.25, 0.3) is 0 Å². The maximum Gasteiger partial charge on any atom is 0.0791 e.